The minimum absolute atomic E-state index is 1.65. The fourth-order valence-electron chi connectivity index (χ4n) is 0. The lowest BCUT2D eigenvalue weighted by atomic mass is 10.9. The molecule has 0 fully saturated rings. The first kappa shape index (κ1) is 15.8. The first-order chi connectivity index (χ1) is 3.41. The molecule has 0 aromatic carbocycles. The normalized spacial score (nSPS) is 2.86. The van der Waals surface area contributed by atoms with E-state index in [9.17, 15) is 0 Å². The molecule has 0 aliphatic carbocycles. The van der Waals surface area contributed by atoms with Crippen LogP contribution in [-0.4, -0.2) is 6.26 Å². The largest absolute Gasteiger partial charge is 0.183 e. The summed E-state index contributed by atoms with van der Waals surface area (Å²) >= 11 is 3.53. The standard InChI is InChI=1S/C3H4.C2H6.CH4S/c1-3-2;2*1-2/h1H,2H3;1-2H3;2H,1H3. The molecule has 0 bridgehead atoms. The number of hydrogen-bond donors (Lipinski definition) is 1. The van der Waals surface area contributed by atoms with E-state index < -0.39 is 0 Å². The molecule has 0 radical (unpaired) electrons. The Morgan fingerprint density at radius 2 is 1.29 bits per heavy atom. The second kappa shape index (κ2) is 172. The van der Waals surface area contributed by atoms with Gasteiger partial charge in [0.1, 0.15) is 0 Å². The van der Waals surface area contributed by atoms with Crippen LogP contribution in [-0.2, 0) is 0 Å². The lowest BCUT2D eigenvalue weighted by molar-refractivity contribution is 1.50. The molecule has 7 heavy (non-hydrogen) atoms. The fraction of sp³-hybridized carbons (Fsp3) is 0.667. The van der Waals surface area contributed by atoms with Crippen molar-refractivity contribution in [2.75, 3.05) is 6.26 Å². The number of rotatable bonds is 0. The van der Waals surface area contributed by atoms with Gasteiger partial charge < -0.3 is 0 Å². The van der Waals surface area contributed by atoms with E-state index in [0.717, 1.165) is 0 Å². The van der Waals surface area contributed by atoms with Crippen LogP contribution in [0.15, 0.2) is 0 Å². The monoisotopic (exact) mass is 118 g/mol. The van der Waals surface area contributed by atoms with E-state index in [1.807, 2.05) is 13.8 Å². The van der Waals surface area contributed by atoms with Crippen LogP contribution in [0, 0.1) is 12.3 Å². The Balaban J connectivity index is -0.0000000360. The summed E-state index contributed by atoms with van der Waals surface area (Å²) in [6.07, 6.45) is 6.29. The number of hydrogen-bond acceptors (Lipinski definition) is 1. The summed E-state index contributed by atoms with van der Waals surface area (Å²) in [4.78, 5) is 0. The molecule has 0 spiro atoms. The van der Waals surface area contributed by atoms with E-state index in [1.54, 1.807) is 13.2 Å². The van der Waals surface area contributed by atoms with Crippen LogP contribution < -0.4 is 0 Å². The van der Waals surface area contributed by atoms with Crippen LogP contribution in [0.2, 0.25) is 0 Å². The van der Waals surface area contributed by atoms with Crippen molar-refractivity contribution < 1.29 is 0 Å². The van der Waals surface area contributed by atoms with Gasteiger partial charge >= 0.3 is 0 Å². The van der Waals surface area contributed by atoms with E-state index in [2.05, 4.69) is 25.0 Å². The number of thiol groups is 1. The molecule has 0 saturated heterocycles. The Kier molecular flexibility index (Phi) is 388. The molecular formula is C6H14S. The summed E-state index contributed by atoms with van der Waals surface area (Å²) in [6.45, 7) is 5.65. The summed E-state index contributed by atoms with van der Waals surface area (Å²) in [6, 6.07) is 0. The van der Waals surface area contributed by atoms with Gasteiger partial charge in [0.05, 0.1) is 0 Å². The molecule has 0 aromatic heterocycles. The molecule has 44 valence electrons. The van der Waals surface area contributed by atoms with Crippen LogP contribution in [0.1, 0.15) is 20.8 Å². The summed E-state index contributed by atoms with van der Waals surface area (Å²) in [5.74, 6) is 2.25. The van der Waals surface area contributed by atoms with Crippen LogP contribution in [0.25, 0.3) is 0 Å². The zero-order valence-corrected chi connectivity index (χ0v) is 6.42. The summed E-state index contributed by atoms with van der Waals surface area (Å²) < 4.78 is 0. The Hall–Kier alpha value is -0.0900. The predicted molar refractivity (Wildman–Crippen MR) is 40.8 cm³/mol. The highest BCUT2D eigenvalue weighted by molar-refractivity contribution is 7.79. The second-order valence-corrected chi connectivity index (χ2v) is 0.289. The molecule has 0 aliphatic heterocycles. The molecule has 1 heteroatoms. The average molecular weight is 118 g/mol. The van der Waals surface area contributed by atoms with Gasteiger partial charge in [-0.15, -0.1) is 12.3 Å². The molecule has 0 atom stereocenters. The molecule has 0 amide bonds. The van der Waals surface area contributed by atoms with Gasteiger partial charge in [-0.25, -0.2) is 0 Å². The van der Waals surface area contributed by atoms with E-state index >= 15 is 0 Å². The number of terminal acetylenes is 1. The highest BCUT2D eigenvalue weighted by atomic mass is 32.1. The van der Waals surface area contributed by atoms with Crippen LogP contribution in [0.3, 0.4) is 0 Å². The second-order valence-electron chi connectivity index (χ2n) is 0.289. The Labute approximate surface area is 52.7 Å². The van der Waals surface area contributed by atoms with Crippen LogP contribution in [0.5, 0.6) is 0 Å². The van der Waals surface area contributed by atoms with Gasteiger partial charge in [0.15, 0.2) is 0 Å². The Bertz CT molecular complexity index is 25.7. The zero-order valence-electron chi connectivity index (χ0n) is 5.52. The van der Waals surface area contributed by atoms with Crippen molar-refractivity contribution in [3.05, 3.63) is 0 Å². The van der Waals surface area contributed by atoms with Gasteiger partial charge in [0.25, 0.3) is 0 Å². The van der Waals surface area contributed by atoms with Crippen LogP contribution in [0.4, 0.5) is 0 Å². The molecule has 0 N–H and O–H groups in total. The van der Waals surface area contributed by atoms with Crippen molar-refractivity contribution in [2.24, 2.45) is 0 Å². The highest BCUT2D eigenvalue weighted by Crippen LogP contribution is 1.31. The fourth-order valence-corrected chi connectivity index (χ4v) is 0. The molecule has 0 rings (SSSR count). The third-order valence-corrected chi connectivity index (χ3v) is 0. The maximum absolute atomic E-state index is 4.60. The van der Waals surface area contributed by atoms with E-state index in [0.29, 0.717) is 0 Å². The quantitative estimate of drug-likeness (QED) is 0.366. The topological polar surface area (TPSA) is 0 Å². The molecule has 0 aromatic rings. The first-order valence-corrected chi connectivity index (χ1v) is 3.13. The van der Waals surface area contributed by atoms with Crippen molar-refractivity contribution in [3.63, 3.8) is 0 Å². The van der Waals surface area contributed by atoms with Gasteiger partial charge in [-0.05, 0) is 13.2 Å². The van der Waals surface area contributed by atoms with Crippen molar-refractivity contribution in [1.82, 2.24) is 0 Å². The van der Waals surface area contributed by atoms with Crippen molar-refractivity contribution in [1.29, 1.82) is 0 Å². The Morgan fingerprint density at radius 1 is 1.29 bits per heavy atom. The lowest BCUT2D eigenvalue weighted by Gasteiger charge is -1.23. The van der Waals surface area contributed by atoms with Crippen LogP contribution >= 0.6 is 12.6 Å². The highest BCUT2D eigenvalue weighted by Gasteiger charge is 1.09. The molecule has 0 heterocycles. The SMILES string of the molecule is C#CC.CC.CS. The maximum atomic E-state index is 4.60. The predicted octanol–water partition coefficient (Wildman–Crippen LogP) is 2.21. The molecule has 0 saturated carbocycles. The molecule has 0 aliphatic rings. The third kappa shape index (κ3) is 11200. The summed E-state index contributed by atoms with van der Waals surface area (Å²) in [7, 11) is 0. The zero-order chi connectivity index (χ0) is 6.71. The van der Waals surface area contributed by atoms with Gasteiger partial charge in [-0.3, -0.25) is 0 Å². The van der Waals surface area contributed by atoms with E-state index in [-0.39, 0.29) is 0 Å². The lowest BCUT2D eigenvalue weighted by Crippen LogP contribution is -1.10. The van der Waals surface area contributed by atoms with Crippen molar-refractivity contribution in [2.45, 2.75) is 20.8 Å². The minimum Gasteiger partial charge on any atom is -0.183 e. The molecule has 0 unspecified atom stereocenters. The summed E-state index contributed by atoms with van der Waals surface area (Å²) in [5.41, 5.74) is 0. The van der Waals surface area contributed by atoms with E-state index in [1.165, 1.54) is 0 Å². The van der Waals surface area contributed by atoms with Gasteiger partial charge in [-0.2, -0.15) is 12.6 Å². The third-order valence-electron chi connectivity index (χ3n) is 0. The first-order valence-electron chi connectivity index (χ1n) is 2.24. The van der Waals surface area contributed by atoms with Gasteiger partial charge in [-0.1, -0.05) is 13.8 Å². The molecular weight excluding hydrogens is 104 g/mol. The van der Waals surface area contributed by atoms with Gasteiger partial charge in [0.2, 0.25) is 0 Å². The van der Waals surface area contributed by atoms with Crippen molar-refractivity contribution in [3.8, 4) is 12.3 Å². The van der Waals surface area contributed by atoms with Crippen molar-refractivity contribution >= 4 is 12.6 Å². The van der Waals surface area contributed by atoms with E-state index in [4.69, 9.17) is 0 Å². The Morgan fingerprint density at radius 3 is 1.29 bits per heavy atom. The maximum Gasteiger partial charge on any atom is -0.00297 e. The average Bonchev–Trinajstić information content (AvgIpc) is 1.78. The van der Waals surface area contributed by atoms with Gasteiger partial charge in [0, 0.05) is 0 Å². The summed E-state index contributed by atoms with van der Waals surface area (Å²) in [5, 5.41) is 0. The smallest absolute Gasteiger partial charge is 0.00297 e. The minimum atomic E-state index is 1.65. The molecule has 0 nitrogen and oxygen atoms in total.